The first-order chi connectivity index (χ1) is 16.6. The van der Waals surface area contributed by atoms with E-state index in [-0.39, 0.29) is 11.7 Å². The molecule has 0 radical (unpaired) electrons. The van der Waals surface area contributed by atoms with E-state index in [4.69, 9.17) is 0 Å². The summed E-state index contributed by atoms with van der Waals surface area (Å²) in [7, 11) is 1.59. The fourth-order valence-electron chi connectivity index (χ4n) is 5.04. The molecule has 1 aromatic heterocycles. The van der Waals surface area contributed by atoms with Crippen LogP contribution < -0.4 is 10.5 Å². The third-order valence-corrected chi connectivity index (χ3v) is 6.66. The Kier molecular flexibility index (Phi) is 5.86. The number of benzene rings is 3. The molecule has 5 rings (SSSR count). The molecule has 0 aliphatic carbocycles. The first kappa shape index (κ1) is 21.9. The van der Waals surface area contributed by atoms with Crippen LogP contribution in [0.4, 0.5) is 11.4 Å². The molecular formula is C27H26N4O3. The summed E-state index contributed by atoms with van der Waals surface area (Å²) < 4.78 is 1.37. The maximum absolute atomic E-state index is 12.9. The van der Waals surface area contributed by atoms with Gasteiger partial charge in [-0.15, -0.1) is 0 Å². The Morgan fingerprint density at radius 2 is 1.32 bits per heavy atom. The van der Waals surface area contributed by atoms with Crippen molar-refractivity contribution >= 4 is 22.3 Å². The zero-order chi connectivity index (χ0) is 23.7. The minimum absolute atomic E-state index is 0.0972. The van der Waals surface area contributed by atoms with E-state index in [0.29, 0.717) is 24.3 Å². The minimum Gasteiger partial charge on any atom is -0.363 e. The Balaban J connectivity index is 1.51. The molecule has 4 aromatic rings. The van der Waals surface area contributed by atoms with Crippen molar-refractivity contribution in [2.45, 2.75) is 6.04 Å². The van der Waals surface area contributed by atoms with Crippen LogP contribution in [0, 0.1) is 10.1 Å². The highest BCUT2D eigenvalue weighted by Crippen LogP contribution is 2.36. The van der Waals surface area contributed by atoms with Crippen LogP contribution in [0.25, 0.3) is 10.9 Å². The van der Waals surface area contributed by atoms with Gasteiger partial charge in [0.1, 0.15) is 5.69 Å². The van der Waals surface area contributed by atoms with Crippen LogP contribution in [0.1, 0.15) is 17.2 Å². The number of hydrogen-bond acceptors (Lipinski definition) is 5. The molecule has 2 heterocycles. The quantitative estimate of drug-likeness (QED) is 0.331. The summed E-state index contributed by atoms with van der Waals surface area (Å²) in [5.41, 5.74) is 2.63. The smallest absolute Gasteiger partial charge is 0.357 e. The van der Waals surface area contributed by atoms with Crippen LogP contribution in [0.5, 0.6) is 0 Å². The molecule has 34 heavy (non-hydrogen) atoms. The Hall–Kier alpha value is -3.97. The summed E-state index contributed by atoms with van der Waals surface area (Å²) in [6.45, 7) is 2.62. The normalized spacial score (nSPS) is 14.6. The predicted octanol–water partition coefficient (Wildman–Crippen LogP) is 4.36. The number of piperazine rings is 1. The molecule has 0 N–H and O–H groups in total. The molecule has 7 nitrogen and oxygen atoms in total. The Morgan fingerprint density at radius 3 is 1.88 bits per heavy atom. The van der Waals surface area contributed by atoms with Gasteiger partial charge in [-0.25, -0.2) is 0 Å². The van der Waals surface area contributed by atoms with Gasteiger partial charge in [0.2, 0.25) is 0 Å². The lowest BCUT2D eigenvalue weighted by Gasteiger charge is -2.40. The van der Waals surface area contributed by atoms with Crippen molar-refractivity contribution in [1.82, 2.24) is 9.47 Å². The van der Waals surface area contributed by atoms with Crippen molar-refractivity contribution in [2.24, 2.45) is 7.05 Å². The summed E-state index contributed by atoms with van der Waals surface area (Å²) >= 11 is 0. The average Bonchev–Trinajstić information content (AvgIpc) is 2.88. The average molecular weight is 455 g/mol. The third-order valence-electron chi connectivity index (χ3n) is 6.66. The van der Waals surface area contributed by atoms with Gasteiger partial charge in [0.15, 0.2) is 0 Å². The highest BCUT2D eigenvalue weighted by atomic mass is 16.6. The Labute approximate surface area is 197 Å². The number of nitro groups is 1. The summed E-state index contributed by atoms with van der Waals surface area (Å²) in [5.74, 6) is 0. The molecule has 1 saturated heterocycles. The number of rotatable bonds is 5. The number of fused-ring (bicyclic) bond motifs is 1. The standard InChI is InChI=1S/C27H26N4O3/c1-28-23-15-9-8-14-22(23)25(26(27(28)32)31(33)34)30-18-16-29(17-19-30)24(20-10-4-2-5-11-20)21-12-6-3-7-13-21/h2-15,24H,16-19H2,1H3. The molecule has 0 spiro atoms. The molecule has 1 fully saturated rings. The van der Waals surface area contributed by atoms with Crippen LogP contribution in [-0.2, 0) is 7.05 Å². The van der Waals surface area contributed by atoms with Gasteiger partial charge in [0, 0.05) is 38.6 Å². The van der Waals surface area contributed by atoms with Crippen LogP contribution in [0.15, 0.2) is 89.7 Å². The van der Waals surface area contributed by atoms with Crippen molar-refractivity contribution in [2.75, 3.05) is 31.1 Å². The van der Waals surface area contributed by atoms with Gasteiger partial charge in [-0.2, -0.15) is 0 Å². The lowest BCUT2D eigenvalue weighted by Crippen LogP contribution is -2.48. The number of aryl methyl sites for hydroxylation is 1. The van der Waals surface area contributed by atoms with Crippen molar-refractivity contribution in [1.29, 1.82) is 0 Å². The predicted molar refractivity (Wildman–Crippen MR) is 134 cm³/mol. The Bertz CT molecular complexity index is 1340. The molecule has 0 amide bonds. The molecular weight excluding hydrogens is 428 g/mol. The van der Waals surface area contributed by atoms with E-state index in [1.807, 2.05) is 41.3 Å². The van der Waals surface area contributed by atoms with Crippen LogP contribution >= 0.6 is 0 Å². The van der Waals surface area contributed by atoms with Crippen molar-refractivity contribution < 1.29 is 4.92 Å². The maximum Gasteiger partial charge on any atom is 0.357 e. The van der Waals surface area contributed by atoms with Gasteiger partial charge < -0.3 is 9.47 Å². The number of para-hydroxylation sites is 1. The highest BCUT2D eigenvalue weighted by Gasteiger charge is 2.32. The molecule has 0 atom stereocenters. The van der Waals surface area contributed by atoms with Gasteiger partial charge in [-0.3, -0.25) is 19.8 Å². The minimum atomic E-state index is -0.576. The van der Waals surface area contributed by atoms with Gasteiger partial charge >= 0.3 is 11.2 Å². The van der Waals surface area contributed by atoms with E-state index in [1.54, 1.807) is 7.05 Å². The van der Waals surface area contributed by atoms with Crippen molar-refractivity contribution in [3.63, 3.8) is 0 Å². The van der Waals surface area contributed by atoms with E-state index in [1.165, 1.54) is 15.7 Å². The zero-order valence-corrected chi connectivity index (χ0v) is 19.0. The number of anilines is 1. The van der Waals surface area contributed by atoms with Gasteiger partial charge in [-0.05, 0) is 17.2 Å². The summed E-state index contributed by atoms with van der Waals surface area (Å²) in [4.78, 5) is 28.8. The van der Waals surface area contributed by atoms with Gasteiger partial charge in [0.05, 0.1) is 16.5 Å². The molecule has 0 unspecified atom stereocenters. The first-order valence-corrected chi connectivity index (χ1v) is 11.4. The van der Waals surface area contributed by atoms with Crippen molar-refractivity contribution in [3.05, 3.63) is 117 Å². The second-order valence-electron chi connectivity index (χ2n) is 8.58. The lowest BCUT2D eigenvalue weighted by molar-refractivity contribution is -0.385. The molecule has 0 saturated carbocycles. The van der Waals surface area contributed by atoms with E-state index < -0.39 is 10.5 Å². The third kappa shape index (κ3) is 3.84. The molecule has 1 aliphatic rings. The van der Waals surface area contributed by atoms with Crippen molar-refractivity contribution in [3.8, 4) is 0 Å². The topological polar surface area (TPSA) is 71.6 Å². The number of aromatic nitrogens is 1. The molecule has 0 bridgehead atoms. The van der Waals surface area contributed by atoms with E-state index >= 15 is 0 Å². The molecule has 1 aliphatic heterocycles. The molecule has 3 aromatic carbocycles. The van der Waals surface area contributed by atoms with Gasteiger partial charge in [-0.1, -0.05) is 78.9 Å². The second-order valence-corrected chi connectivity index (χ2v) is 8.58. The summed E-state index contributed by atoms with van der Waals surface area (Å²) in [6, 6.07) is 28.3. The van der Waals surface area contributed by atoms with Crippen LogP contribution in [-0.4, -0.2) is 40.6 Å². The second kappa shape index (κ2) is 9.11. The fraction of sp³-hybridized carbons (Fsp3) is 0.222. The summed E-state index contributed by atoms with van der Waals surface area (Å²) in [5, 5.41) is 12.7. The fourth-order valence-corrected chi connectivity index (χ4v) is 5.04. The first-order valence-electron chi connectivity index (χ1n) is 11.4. The molecule has 172 valence electrons. The molecule has 7 heteroatoms. The van der Waals surface area contributed by atoms with E-state index in [9.17, 15) is 14.9 Å². The highest BCUT2D eigenvalue weighted by molar-refractivity contribution is 5.96. The van der Waals surface area contributed by atoms with E-state index in [2.05, 4.69) is 53.4 Å². The zero-order valence-electron chi connectivity index (χ0n) is 19.0. The maximum atomic E-state index is 12.9. The largest absolute Gasteiger partial charge is 0.363 e. The van der Waals surface area contributed by atoms with Crippen LogP contribution in [0.3, 0.4) is 0 Å². The SMILES string of the molecule is Cn1c(=O)c([N+](=O)[O-])c(N2CCN(C(c3ccccc3)c3ccccc3)CC2)c2ccccc21. The monoisotopic (exact) mass is 454 g/mol. The van der Waals surface area contributed by atoms with Gasteiger partial charge in [0.25, 0.3) is 0 Å². The number of hydrogen-bond donors (Lipinski definition) is 0. The number of pyridine rings is 1. The van der Waals surface area contributed by atoms with Crippen LogP contribution in [0.2, 0.25) is 0 Å². The van der Waals surface area contributed by atoms with E-state index in [0.717, 1.165) is 18.5 Å². The lowest BCUT2D eigenvalue weighted by atomic mass is 9.96. The number of nitrogens with zero attached hydrogens (tertiary/aromatic N) is 4. The summed E-state index contributed by atoms with van der Waals surface area (Å²) in [6.07, 6.45) is 0. The Morgan fingerprint density at radius 1 is 0.794 bits per heavy atom.